The van der Waals surface area contributed by atoms with Gasteiger partial charge in [-0.1, -0.05) is 18.9 Å². The maximum atomic E-state index is 13.7. The number of nitrogens with one attached hydrogen (secondary N) is 1. The van der Waals surface area contributed by atoms with Gasteiger partial charge in [0.05, 0.1) is 0 Å². The molecule has 0 heterocycles. The Hall–Kier alpha value is -0.960. The molecule has 0 bridgehead atoms. The molecule has 3 rings (SSSR count). The summed E-state index contributed by atoms with van der Waals surface area (Å²) in [4.78, 5) is 0. The van der Waals surface area contributed by atoms with Crippen molar-refractivity contribution in [3.05, 3.63) is 35.4 Å². The molecule has 3 heteroatoms. The Balaban J connectivity index is 1.68. The Morgan fingerprint density at radius 3 is 2.89 bits per heavy atom. The summed E-state index contributed by atoms with van der Waals surface area (Å²) < 4.78 is 26.6. The molecule has 1 aromatic rings. The fourth-order valence-electron chi connectivity index (χ4n) is 3.38. The molecular formula is C15H19F2N. The zero-order valence-corrected chi connectivity index (χ0v) is 10.6. The van der Waals surface area contributed by atoms with Crippen LogP contribution in [0.5, 0.6) is 0 Å². The van der Waals surface area contributed by atoms with E-state index in [4.69, 9.17) is 0 Å². The summed E-state index contributed by atoms with van der Waals surface area (Å²) in [5, 5.41) is 3.52. The molecular weight excluding hydrogens is 232 g/mol. The fraction of sp³-hybridized carbons (Fsp3) is 0.600. The van der Waals surface area contributed by atoms with Crippen molar-refractivity contribution in [2.75, 3.05) is 0 Å². The van der Waals surface area contributed by atoms with Crippen LogP contribution in [0.15, 0.2) is 18.2 Å². The van der Waals surface area contributed by atoms with Gasteiger partial charge in [0, 0.05) is 23.7 Å². The number of rotatable bonds is 3. The molecule has 1 N–H and O–H groups in total. The topological polar surface area (TPSA) is 12.0 Å². The minimum Gasteiger partial charge on any atom is -0.307 e. The third-order valence-corrected chi connectivity index (χ3v) is 4.48. The van der Waals surface area contributed by atoms with E-state index in [-0.39, 0.29) is 6.04 Å². The molecule has 18 heavy (non-hydrogen) atoms. The first-order chi connectivity index (χ1) is 8.65. The molecule has 0 radical (unpaired) electrons. The van der Waals surface area contributed by atoms with Crippen LogP contribution in [0.2, 0.25) is 0 Å². The van der Waals surface area contributed by atoms with E-state index in [1.807, 2.05) is 6.92 Å². The summed E-state index contributed by atoms with van der Waals surface area (Å²) in [6.45, 7) is 1.96. The van der Waals surface area contributed by atoms with Gasteiger partial charge >= 0.3 is 0 Å². The van der Waals surface area contributed by atoms with E-state index in [1.54, 1.807) is 6.07 Å². The first-order valence-corrected chi connectivity index (χ1v) is 6.86. The third kappa shape index (κ3) is 2.28. The molecule has 2 fully saturated rings. The van der Waals surface area contributed by atoms with E-state index < -0.39 is 11.6 Å². The molecule has 0 saturated heterocycles. The summed E-state index contributed by atoms with van der Waals surface area (Å²) in [5.74, 6) is 0.743. The van der Waals surface area contributed by atoms with E-state index in [0.717, 1.165) is 17.9 Å². The minimum absolute atomic E-state index is 0.0463. The molecule has 2 aliphatic carbocycles. The highest BCUT2D eigenvalue weighted by Crippen LogP contribution is 2.49. The molecule has 0 amide bonds. The summed E-state index contributed by atoms with van der Waals surface area (Å²) in [6, 6.07) is 4.32. The van der Waals surface area contributed by atoms with Crippen LogP contribution in [0.4, 0.5) is 8.78 Å². The van der Waals surface area contributed by atoms with Gasteiger partial charge in [-0.15, -0.1) is 0 Å². The molecule has 1 nitrogen and oxygen atoms in total. The zero-order chi connectivity index (χ0) is 12.7. The highest BCUT2D eigenvalue weighted by molar-refractivity contribution is 5.22. The highest BCUT2D eigenvalue weighted by atomic mass is 19.1. The lowest BCUT2D eigenvalue weighted by molar-refractivity contribution is 0.325. The van der Waals surface area contributed by atoms with Crippen molar-refractivity contribution < 1.29 is 8.78 Å². The number of fused-ring (bicyclic) bond motifs is 1. The van der Waals surface area contributed by atoms with E-state index in [2.05, 4.69) is 5.32 Å². The molecule has 98 valence electrons. The Bertz CT molecular complexity index is 446. The smallest absolute Gasteiger partial charge is 0.130 e. The first-order valence-electron chi connectivity index (χ1n) is 6.86. The quantitative estimate of drug-likeness (QED) is 0.861. The van der Waals surface area contributed by atoms with E-state index >= 15 is 0 Å². The number of halogens is 2. The van der Waals surface area contributed by atoms with E-state index in [9.17, 15) is 8.78 Å². The molecule has 4 atom stereocenters. The van der Waals surface area contributed by atoms with Crippen LogP contribution in [0.25, 0.3) is 0 Å². The lowest BCUT2D eigenvalue weighted by atomic mass is 9.94. The molecule has 1 aromatic carbocycles. The van der Waals surface area contributed by atoms with E-state index in [1.165, 1.54) is 31.7 Å². The Labute approximate surface area is 107 Å². The van der Waals surface area contributed by atoms with E-state index in [0.29, 0.717) is 11.6 Å². The number of hydrogen-bond acceptors (Lipinski definition) is 1. The monoisotopic (exact) mass is 251 g/mol. The van der Waals surface area contributed by atoms with Gasteiger partial charge in [-0.25, -0.2) is 8.78 Å². The predicted octanol–water partition coefficient (Wildman–Crippen LogP) is 3.80. The summed E-state index contributed by atoms with van der Waals surface area (Å²) in [6.07, 6.45) is 5.16. The van der Waals surface area contributed by atoms with Crippen LogP contribution < -0.4 is 5.32 Å². The minimum atomic E-state index is -0.511. The molecule has 2 saturated carbocycles. The summed E-state index contributed by atoms with van der Waals surface area (Å²) >= 11 is 0. The Kier molecular flexibility index (Phi) is 3.10. The summed E-state index contributed by atoms with van der Waals surface area (Å²) in [7, 11) is 0. The molecule has 2 aliphatic rings. The van der Waals surface area contributed by atoms with Gasteiger partial charge in [-0.05, 0) is 37.7 Å². The maximum absolute atomic E-state index is 13.7. The predicted molar refractivity (Wildman–Crippen MR) is 67.1 cm³/mol. The second-order valence-electron chi connectivity index (χ2n) is 5.75. The lowest BCUT2D eigenvalue weighted by Gasteiger charge is -2.27. The standard InChI is InChI=1S/C15H19F2N/c1-9(12-6-5-11(16)8-14(12)17)18-15-4-2-3-10-7-13(10)15/h5-6,8-10,13,15,18H,2-4,7H2,1H3/t9?,10-,13+,15?/m0/s1. The number of hydrogen-bond donors (Lipinski definition) is 1. The van der Waals surface area contributed by atoms with Gasteiger partial charge in [0.2, 0.25) is 0 Å². The Morgan fingerprint density at radius 1 is 1.28 bits per heavy atom. The Morgan fingerprint density at radius 2 is 2.11 bits per heavy atom. The van der Waals surface area contributed by atoms with Gasteiger partial charge in [0.1, 0.15) is 11.6 Å². The third-order valence-electron chi connectivity index (χ3n) is 4.48. The lowest BCUT2D eigenvalue weighted by Crippen LogP contribution is -2.35. The molecule has 2 unspecified atom stereocenters. The van der Waals surface area contributed by atoms with Gasteiger partial charge in [-0.3, -0.25) is 0 Å². The van der Waals surface area contributed by atoms with Gasteiger partial charge in [0.15, 0.2) is 0 Å². The van der Waals surface area contributed by atoms with Crippen molar-refractivity contribution in [3.63, 3.8) is 0 Å². The van der Waals surface area contributed by atoms with Crippen LogP contribution in [0.3, 0.4) is 0 Å². The van der Waals surface area contributed by atoms with Crippen molar-refractivity contribution in [2.45, 2.75) is 44.7 Å². The average molecular weight is 251 g/mol. The van der Waals surface area contributed by atoms with Crippen LogP contribution in [0.1, 0.15) is 44.2 Å². The first kappa shape index (κ1) is 12.1. The van der Waals surface area contributed by atoms with Crippen LogP contribution in [-0.2, 0) is 0 Å². The highest BCUT2D eigenvalue weighted by Gasteiger charge is 2.45. The van der Waals surface area contributed by atoms with Crippen molar-refractivity contribution in [2.24, 2.45) is 11.8 Å². The normalized spacial score (nSPS) is 31.8. The average Bonchev–Trinajstić information content (AvgIpc) is 3.08. The maximum Gasteiger partial charge on any atom is 0.130 e. The molecule has 0 spiro atoms. The van der Waals surface area contributed by atoms with Gasteiger partial charge in [0.25, 0.3) is 0 Å². The largest absolute Gasteiger partial charge is 0.307 e. The van der Waals surface area contributed by atoms with Gasteiger partial charge < -0.3 is 5.32 Å². The fourth-order valence-corrected chi connectivity index (χ4v) is 3.38. The van der Waals surface area contributed by atoms with Crippen molar-refractivity contribution in [1.29, 1.82) is 0 Å². The zero-order valence-electron chi connectivity index (χ0n) is 10.6. The second kappa shape index (κ2) is 4.61. The molecule has 0 aromatic heterocycles. The van der Waals surface area contributed by atoms with Crippen LogP contribution in [-0.4, -0.2) is 6.04 Å². The SMILES string of the molecule is CC(NC1CCC[C@H]2C[C@@H]12)c1ccc(F)cc1F. The van der Waals surface area contributed by atoms with Crippen molar-refractivity contribution >= 4 is 0 Å². The van der Waals surface area contributed by atoms with Gasteiger partial charge in [-0.2, -0.15) is 0 Å². The second-order valence-corrected chi connectivity index (χ2v) is 5.75. The van der Waals surface area contributed by atoms with Crippen molar-refractivity contribution in [1.82, 2.24) is 5.32 Å². The summed E-state index contributed by atoms with van der Waals surface area (Å²) in [5.41, 5.74) is 0.569. The molecule has 0 aliphatic heterocycles. The van der Waals surface area contributed by atoms with Crippen LogP contribution in [0, 0.1) is 23.5 Å². The number of benzene rings is 1. The van der Waals surface area contributed by atoms with Crippen molar-refractivity contribution in [3.8, 4) is 0 Å². The van der Waals surface area contributed by atoms with Crippen LogP contribution >= 0.6 is 0 Å².